The molecule has 1 aromatic carbocycles. The smallest absolute Gasteiger partial charge is 0.306 e. The summed E-state index contributed by atoms with van der Waals surface area (Å²) < 4.78 is 24.3. The number of rotatable bonds is 5. The van der Waals surface area contributed by atoms with E-state index in [-0.39, 0.29) is 22.6 Å². The first-order valence-corrected chi connectivity index (χ1v) is 8.72. The van der Waals surface area contributed by atoms with Gasteiger partial charge in [0.15, 0.2) is 15.6 Å². The Morgan fingerprint density at radius 3 is 2.57 bits per heavy atom. The third kappa shape index (κ3) is 3.26. The number of benzene rings is 1. The number of Topliss-reactive ketones (excluding diaryl/α,β-unsaturated/α-hetero) is 1. The summed E-state index contributed by atoms with van der Waals surface area (Å²) in [5.74, 6) is -3.47. The molecule has 1 amide bonds. The minimum Gasteiger partial charge on any atom is -0.481 e. The van der Waals surface area contributed by atoms with Crippen LogP contribution in [0.15, 0.2) is 23.1 Å². The number of amides is 1. The van der Waals surface area contributed by atoms with Crippen molar-refractivity contribution in [2.45, 2.75) is 24.7 Å². The first-order chi connectivity index (χ1) is 10.7. The zero-order chi connectivity index (χ0) is 17.4. The van der Waals surface area contributed by atoms with Crippen molar-refractivity contribution in [3.8, 4) is 0 Å². The van der Waals surface area contributed by atoms with Crippen molar-refractivity contribution in [2.75, 3.05) is 17.7 Å². The van der Waals surface area contributed by atoms with Crippen LogP contribution in [0.5, 0.6) is 0 Å². The summed E-state index contributed by atoms with van der Waals surface area (Å²) in [6.45, 7) is 1.67. The highest BCUT2D eigenvalue weighted by molar-refractivity contribution is 7.92. The van der Waals surface area contributed by atoms with Gasteiger partial charge in [-0.05, 0) is 24.6 Å². The fraction of sp³-hybridized carbons (Fsp3) is 0.400. The molecule has 0 bridgehead atoms. The van der Waals surface area contributed by atoms with Gasteiger partial charge in [-0.15, -0.1) is 0 Å². The highest BCUT2D eigenvalue weighted by Gasteiger charge is 2.33. The molecule has 0 radical (unpaired) electrons. The summed E-state index contributed by atoms with van der Waals surface area (Å²) in [6.07, 6.45) is 0.112. The SMILES string of the molecule is CCC(CC(=O)c1ccc2c(c1)S(=O)(=O)CC(=O)N2C)C(=O)O. The molecule has 1 atom stereocenters. The van der Waals surface area contributed by atoms with Crippen molar-refractivity contribution < 1.29 is 27.9 Å². The lowest BCUT2D eigenvalue weighted by Gasteiger charge is -2.25. The van der Waals surface area contributed by atoms with Gasteiger partial charge < -0.3 is 10.0 Å². The maximum atomic E-state index is 12.2. The number of carboxylic acid groups (broad SMARTS) is 1. The predicted octanol–water partition coefficient (Wildman–Crippen LogP) is 1.12. The molecular weight excluding hydrogens is 322 g/mol. The van der Waals surface area contributed by atoms with Crippen molar-refractivity contribution in [3.63, 3.8) is 0 Å². The molecule has 1 aliphatic heterocycles. The van der Waals surface area contributed by atoms with Crippen LogP contribution in [0.2, 0.25) is 0 Å². The zero-order valence-corrected chi connectivity index (χ0v) is 13.6. The van der Waals surface area contributed by atoms with Gasteiger partial charge in [0.2, 0.25) is 5.91 Å². The lowest BCUT2D eigenvalue weighted by atomic mass is 9.96. The first-order valence-electron chi connectivity index (χ1n) is 7.06. The molecule has 1 aliphatic rings. The summed E-state index contributed by atoms with van der Waals surface area (Å²) in [7, 11) is -2.32. The van der Waals surface area contributed by atoms with E-state index in [2.05, 4.69) is 0 Å². The molecule has 1 aromatic rings. The summed E-state index contributed by atoms with van der Waals surface area (Å²) >= 11 is 0. The van der Waals surface area contributed by atoms with Gasteiger partial charge in [0.1, 0.15) is 5.75 Å². The molecule has 0 saturated heterocycles. The molecule has 23 heavy (non-hydrogen) atoms. The Labute approximate surface area is 133 Å². The van der Waals surface area contributed by atoms with Gasteiger partial charge in [-0.2, -0.15) is 0 Å². The van der Waals surface area contributed by atoms with Gasteiger partial charge in [-0.25, -0.2) is 8.42 Å². The van der Waals surface area contributed by atoms with Crippen LogP contribution in [0.25, 0.3) is 0 Å². The lowest BCUT2D eigenvalue weighted by molar-refractivity contribution is -0.141. The van der Waals surface area contributed by atoms with Crippen LogP contribution in [0.4, 0.5) is 5.69 Å². The van der Waals surface area contributed by atoms with Crippen molar-refractivity contribution in [1.29, 1.82) is 0 Å². The number of aliphatic carboxylic acids is 1. The fourth-order valence-electron chi connectivity index (χ4n) is 2.43. The Hall–Kier alpha value is -2.22. The van der Waals surface area contributed by atoms with Crippen LogP contribution in [0.3, 0.4) is 0 Å². The number of carboxylic acids is 1. The third-order valence-corrected chi connectivity index (χ3v) is 5.56. The van der Waals surface area contributed by atoms with E-state index in [0.29, 0.717) is 6.42 Å². The van der Waals surface area contributed by atoms with Gasteiger partial charge >= 0.3 is 5.97 Å². The summed E-state index contributed by atoms with van der Waals surface area (Å²) in [5.41, 5.74) is 0.359. The van der Waals surface area contributed by atoms with E-state index >= 15 is 0 Å². The molecule has 2 rings (SSSR count). The largest absolute Gasteiger partial charge is 0.481 e. The number of hydrogen-bond donors (Lipinski definition) is 1. The zero-order valence-electron chi connectivity index (χ0n) is 12.8. The van der Waals surface area contributed by atoms with E-state index in [0.717, 1.165) is 0 Å². The van der Waals surface area contributed by atoms with E-state index < -0.39 is 39.2 Å². The molecule has 0 saturated carbocycles. The number of hydrogen-bond acceptors (Lipinski definition) is 5. The van der Waals surface area contributed by atoms with Gasteiger partial charge in [0.25, 0.3) is 0 Å². The minimum absolute atomic E-state index is 0.0752. The Morgan fingerprint density at radius 2 is 2.00 bits per heavy atom. The summed E-state index contributed by atoms with van der Waals surface area (Å²) in [5, 5.41) is 9.02. The van der Waals surface area contributed by atoms with E-state index in [1.54, 1.807) is 6.92 Å². The Morgan fingerprint density at radius 1 is 1.35 bits per heavy atom. The van der Waals surface area contributed by atoms with E-state index in [4.69, 9.17) is 5.11 Å². The molecule has 0 spiro atoms. The minimum atomic E-state index is -3.79. The molecule has 7 nitrogen and oxygen atoms in total. The number of anilines is 1. The lowest BCUT2D eigenvalue weighted by Crippen LogP contribution is -2.38. The van der Waals surface area contributed by atoms with E-state index in [9.17, 15) is 22.8 Å². The molecule has 124 valence electrons. The molecule has 1 heterocycles. The molecular formula is C15H17NO6S. The second kappa shape index (κ2) is 6.11. The van der Waals surface area contributed by atoms with Gasteiger partial charge in [0.05, 0.1) is 16.5 Å². The second-order valence-electron chi connectivity index (χ2n) is 5.47. The maximum absolute atomic E-state index is 12.2. The quantitative estimate of drug-likeness (QED) is 0.805. The Balaban J connectivity index is 2.40. The number of sulfone groups is 1. The Kier molecular flexibility index (Phi) is 4.56. The number of ketones is 1. The molecule has 1 N–H and O–H groups in total. The number of nitrogens with zero attached hydrogens (tertiary/aromatic N) is 1. The Bertz CT molecular complexity index is 783. The molecule has 8 heteroatoms. The third-order valence-electron chi connectivity index (χ3n) is 3.94. The van der Waals surface area contributed by atoms with Gasteiger partial charge in [0, 0.05) is 19.0 Å². The van der Waals surface area contributed by atoms with Crippen molar-refractivity contribution in [1.82, 2.24) is 0 Å². The number of fused-ring (bicyclic) bond motifs is 1. The number of carbonyl (C=O) groups is 3. The van der Waals surface area contributed by atoms with Crippen LogP contribution >= 0.6 is 0 Å². The molecule has 0 aromatic heterocycles. The first kappa shape index (κ1) is 17.1. The fourth-order valence-corrected chi connectivity index (χ4v) is 3.94. The van der Waals surface area contributed by atoms with E-state index in [1.807, 2.05) is 0 Å². The van der Waals surface area contributed by atoms with E-state index in [1.165, 1.54) is 30.1 Å². The molecule has 1 unspecified atom stereocenters. The molecule has 0 fully saturated rings. The average molecular weight is 339 g/mol. The second-order valence-corrected chi connectivity index (χ2v) is 7.42. The normalized spacial score (nSPS) is 17.5. The predicted molar refractivity (Wildman–Crippen MR) is 82.3 cm³/mol. The highest BCUT2D eigenvalue weighted by Crippen LogP contribution is 2.31. The van der Waals surface area contributed by atoms with Crippen molar-refractivity contribution in [2.24, 2.45) is 5.92 Å². The average Bonchev–Trinajstić information content (AvgIpc) is 2.49. The highest BCUT2D eigenvalue weighted by atomic mass is 32.2. The van der Waals surface area contributed by atoms with Gasteiger partial charge in [-0.3, -0.25) is 14.4 Å². The standard InChI is InChI=1S/C15H17NO6S/c1-3-9(15(19)20)6-12(17)10-4-5-11-13(7-10)23(21,22)8-14(18)16(11)2/h4-5,7,9H,3,6,8H2,1-2H3,(H,19,20). The number of carbonyl (C=O) groups excluding carboxylic acids is 2. The van der Waals surface area contributed by atoms with Crippen LogP contribution in [0, 0.1) is 5.92 Å². The monoisotopic (exact) mass is 339 g/mol. The van der Waals surface area contributed by atoms with Crippen LogP contribution in [-0.2, 0) is 19.4 Å². The summed E-state index contributed by atoms with van der Waals surface area (Å²) in [6, 6.07) is 4.05. The topological polar surface area (TPSA) is 109 Å². The maximum Gasteiger partial charge on any atom is 0.306 e. The van der Waals surface area contributed by atoms with Crippen molar-refractivity contribution in [3.05, 3.63) is 23.8 Å². The van der Waals surface area contributed by atoms with Crippen LogP contribution in [-0.4, -0.2) is 44.0 Å². The molecule has 0 aliphatic carbocycles. The summed E-state index contributed by atoms with van der Waals surface area (Å²) in [4.78, 5) is 36.1. The van der Waals surface area contributed by atoms with Crippen molar-refractivity contribution >= 4 is 33.2 Å². The van der Waals surface area contributed by atoms with Crippen LogP contribution < -0.4 is 4.90 Å². The van der Waals surface area contributed by atoms with Gasteiger partial charge in [-0.1, -0.05) is 6.92 Å². The van der Waals surface area contributed by atoms with Crippen LogP contribution in [0.1, 0.15) is 30.1 Å².